The van der Waals surface area contributed by atoms with E-state index in [9.17, 15) is 9.59 Å². The van der Waals surface area contributed by atoms with Crippen LogP contribution in [0.5, 0.6) is 0 Å². The van der Waals surface area contributed by atoms with Crippen molar-refractivity contribution >= 4 is 11.9 Å². The second-order valence-electron chi connectivity index (χ2n) is 3.84. The van der Waals surface area contributed by atoms with E-state index < -0.39 is 5.97 Å². The normalized spacial score (nSPS) is 24.0. The first-order valence-electron chi connectivity index (χ1n) is 4.97. The minimum Gasteiger partial charge on any atom is -0.480 e. The maximum absolute atomic E-state index is 11.4. The van der Waals surface area contributed by atoms with E-state index >= 15 is 0 Å². The zero-order valence-electron chi connectivity index (χ0n) is 7.98. The molecule has 0 aromatic carbocycles. The molecule has 2 fully saturated rings. The van der Waals surface area contributed by atoms with Crippen LogP contribution in [0.1, 0.15) is 25.7 Å². The van der Waals surface area contributed by atoms with Gasteiger partial charge in [0.05, 0.1) is 0 Å². The molecule has 14 heavy (non-hydrogen) atoms. The monoisotopic (exact) mass is 198 g/mol. The maximum Gasteiger partial charge on any atom is 0.324 e. The average molecular weight is 198 g/mol. The number of hydrogen-bond donors (Lipinski definition) is 1. The maximum atomic E-state index is 11.4. The van der Waals surface area contributed by atoms with Crippen molar-refractivity contribution in [2.75, 3.05) is 13.1 Å². The van der Waals surface area contributed by atoms with E-state index in [1.54, 1.807) is 0 Å². The predicted molar refractivity (Wildman–Crippen MR) is 48.3 cm³/mol. The number of carbonyl (C=O) groups is 2. The van der Waals surface area contributed by atoms with E-state index in [1.165, 1.54) is 11.4 Å². The van der Waals surface area contributed by atoms with Crippen molar-refractivity contribution in [2.24, 2.45) is 0 Å². The third-order valence-electron chi connectivity index (χ3n) is 2.93. The van der Waals surface area contributed by atoms with Gasteiger partial charge in [-0.2, -0.15) is 0 Å². The number of amides is 1. The largest absolute Gasteiger partial charge is 0.480 e. The molecule has 2 rings (SSSR count). The Morgan fingerprint density at radius 1 is 1.50 bits per heavy atom. The van der Waals surface area contributed by atoms with Crippen LogP contribution in [-0.2, 0) is 9.59 Å². The Morgan fingerprint density at radius 2 is 2.21 bits per heavy atom. The number of hydrogen-bond acceptors (Lipinski definition) is 3. The van der Waals surface area contributed by atoms with Gasteiger partial charge in [-0.05, 0) is 12.8 Å². The second kappa shape index (κ2) is 3.57. The smallest absolute Gasteiger partial charge is 0.324 e. The van der Waals surface area contributed by atoms with Gasteiger partial charge in [0.25, 0.3) is 0 Å². The summed E-state index contributed by atoms with van der Waals surface area (Å²) in [5.41, 5.74) is 0. The Kier molecular flexibility index (Phi) is 2.41. The van der Waals surface area contributed by atoms with Gasteiger partial charge in [-0.1, -0.05) is 6.42 Å². The molecule has 1 saturated heterocycles. The molecule has 78 valence electrons. The second-order valence-corrected chi connectivity index (χ2v) is 3.84. The first-order valence-corrected chi connectivity index (χ1v) is 4.97. The summed E-state index contributed by atoms with van der Waals surface area (Å²) >= 11 is 0. The van der Waals surface area contributed by atoms with E-state index in [0.717, 1.165) is 12.8 Å². The Bertz CT molecular complexity index is 263. The van der Waals surface area contributed by atoms with Gasteiger partial charge in [0.2, 0.25) is 5.91 Å². The first-order chi connectivity index (χ1) is 6.68. The van der Waals surface area contributed by atoms with Crippen LogP contribution in [0, 0.1) is 0 Å². The third-order valence-corrected chi connectivity index (χ3v) is 2.93. The summed E-state index contributed by atoms with van der Waals surface area (Å²) in [7, 11) is 0. The van der Waals surface area contributed by atoms with Gasteiger partial charge < -0.3 is 5.11 Å². The fourth-order valence-electron chi connectivity index (χ4n) is 1.97. The number of carboxylic acids is 1. The Balaban J connectivity index is 2.00. The fourth-order valence-corrected chi connectivity index (χ4v) is 1.97. The zero-order valence-corrected chi connectivity index (χ0v) is 7.98. The van der Waals surface area contributed by atoms with Gasteiger partial charge in [-0.25, -0.2) is 5.01 Å². The molecule has 0 atom stereocenters. The number of nitrogens with zero attached hydrogens (tertiary/aromatic N) is 2. The lowest BCUT2D eigenvalue weighted by atomic mass is 9.93. The zero-order chi connectivity index (χ0) is 10.1. The molecule has 2 aliphatic rings. The molecule has 1 heterocycles. The van der Waals surface area contributed by atoms with Crippen LogP contribution in [0.2, 0.25) is 0 Å². The Labute approximate surface area is 82.3 Å². The SMILES string of the molecule is O=C(O)CN1C(=O)CCN1C1CCC1. The van der Waals surface area contributed by atoms with Crippen LogP contribution in [0.4, 0.5) is 0 Å². The van der Waals surface area contributed by atoms with Crippen LogP contribution >= 0.6 is 0 Å². The van der Waals surface area contributed by atoms with Gasteiger partial charge in [-0.15, -0.1) is 0 Å². The van der Waals surface area contributed by atoms with Gasteiger partial charge in [0.15, 0.2) is 0 Å². The lowest BCUT2D eigenvalue weighted by molar-refractivity contribution is -0.155. The minimum atomic E-state index is -0.940. The van der Waals surface area contributed by atoms with E-state index in [0.29, 0.717) is 19.0 Å². The molecule has 5 nitrogen and oxygen atoms in total. The average Bonchev–Trinajstić information content (AvgIpc) is 2.32. The summed E-state index contributed by atoms with van der Waals surface area (Å²) in [6, 6.07) is 0.404. The molecule has 1 aliphatic carbocycles. The van der Waals surface area contributed by atoms with Gasteiger partial charge in [0.1, 0.15) is 6.54 Å². The highest BCUT2D eigenvalue weighted by Gasteiger charge is 2.37. The summed E-state index contributed by atoms with van der Waals surface area (Å²) in [5, 5.41) is 12.0. The summed E-state index contributed by atoms with van der Waals surface area (Å²) in [6.07, 6.45) is 3.83. The predicted octanol–water partition coefficient (Wildman–Crippen LogP) is 0.0728. The number of carboxylic acid groups (broad SMARTS) is 1. The molecule has 0 aromatic rings. The highest BCUT2D eigenvalue weighted by Crippen LogP contribution is 2.28. The molecule has 1 amide bonds. The van der Waals surface area contributed by atoms with Crippen molar-refractivity contribution in [3.63, 3.8) is 0 Å². The van der Waals surface area contributed by atoms with Crippen molar-refractivity contribution in [2.45, 2.75) is 31.7 Å². The number of aliphatic carboxylic acids is 1. The molecule has 1 N–H and O–H groups in total. The molecule has 1 saturated carbocycles. The highest BCUT2D eigenvalue weighted by atomic mass is 16.4. The van der Waals surface area contributed by atoms with Crippen LogP contribution in [0.15, 0.2) is 0 Å². The quantitative estimate of drug-likeness (QED) is 0.697. The summed E-state index contributed by atoms with van der Waals surface area (Å²) in [4.78, 5) is 21.9. The number of hydrazine groups is 1. The van der Waals surface area contributed by atoms with Crippen LogP contribution in [0.25, 0.3) is 0 Å². The molecule has 0 radical (unpaired) electrons. The number of rotatable bonds is 3. The molecule has 0 spiro atoms. The highest BCUT2D eigenvalue weighted by molar-refractivity contribution is 5.82. The molecule has 0 unspecified atom stereocenters. The van der Waals surface area contributed by atoms with Crippen molar-refractivity contribution < 1.29 is 14.7 Å². The van der Waals surface area contributed by atoms with Crippen molar-refractivity contribution in [1.82, 2.24) is 10.0 Å². The minimum absolute atomic E-state index is 0.0562. The van der Waals surface area contributed by atoms with Crippen molar-refractivity contribution in [3.8, 4) is 0 Å². The van der Waals surface area contributed by atoms with E-state index in [-0.39, 0.29) is 12.5 Å². The lowest BCUT2D eigenvalue weighted by Gasteiger charge is -2.39. The molecule has 1 aliphatic heterocycles. The van der Waals surface area contributed by atoms with Crippen LogP contribution in [0.3, 0.4) is 0 Å². The first kappa shape index (κ1) is 9.45. The summed E-state index contributed by atoms with van der Waals surface area (Å²) in [5.74, 6) is -0.996. The molecular weight excluding hydrogens is 184 g/mol. The third kappa shape index (κ3) is 1.59. The van der Waals surface area contributed by atoms with E-state index in [1.807, 2.05) is 5.01 Å². The lowest BCUT2D eigenvalue weighted by Crippen LogP contribution is -2.50. The molecule has 0 aromatic heterocycles. The van der Waals surface area contributed by atoms with Gasteiger partial charge >= 0.3 is 5.97 Å². The summed E-state index contributed by atoms with van der Waals surface area (Å²) in [6.45, 7) is 0.506. The van der Waals surface area contributed by atoms with Crippen molar-refractivity contribution in [1.29, 1.82) is 0 Å². The summed E-state index contributed by atoms with van der Waals surface area (Å²) < 4.78 is 0. The van der Waals surface area contributed by atoms with Crippen LogP contribution < -0.4 is 0 Å². The molecule has 0 bridgehead atoms. The number of carbonyl (C=O) groups excluding carboxylic acids is 1. The van der Waals surface area contributed by atoms with Gasteiger partial charge in [0, 0.05) is 19.0 Å². The van der Waals surface area contributed by atoms with Crippen molar-refractivity contribution in [3.05, 3.63) is 0 Å². The Morgan fingerprint density at radius 3 is 2.71 bits per heavy atom. The molecule has 5 heteroatoms. The Hall–Kier alpha value is -1.10. The topological polar surface area (TPSA) is 60.9 Å². The van der Waals surface area contributed by atoms with Crippen LogP contribution in [-0.4, -0.2) is 46.1 Å². The fraction of sp³-hybridized carbons (Fsp3) is 0.778. The van der Waals surface area contributed by atoms with E-state index in [2.05, 4.69) is 0 Å². The van der Waals surface area contributed by atoms with E-state index in [4.69, 9.17) is 5.11 Å². The van der Waals surface area contributed by atoms with Gasteiger partial charge in [-0.3, -0.25) is 14.6 Å². The standard InChI is InChI=1S/C9H14N2O3/c12-8-4-5-10(7-2-1-3-7)11(8)6-9(13)14/h7H,1-6H2,(H,13,14). The molecular formula is C9H14N2O3.